The second kappa shape index (κ2) is 6.35. The lowest BCUT2D eigenvalue weighted by atomic mass is 10.0. The third-order valence-corrected chi connectivity index (χ3v) is 1.71. The maximum atomic E-state index is 11.1. The molecule has 0 heterocycles. The van der Waals surface area contributed by atoms with Gasteiger partial charge in [-0.2, -0.15) is 0 Å². The Morgan fingerprint density at radius 3 is 2.73 bits per heavy atom. The van der Waals surface area contributed by atoms with Gasteiger partial charge in [-0.05, 0) is 12.8 Å². The Kier molecular flexibility index (Phi) is 6.13. The lowest BCUT2D eigenvalue weighted by Gasteiger charge is -2.07. The fourth-order valence-electron chi connectivity index (χ4n) is 0.917. The summed E-state index contributed by atoms with van der Waals surface area (Å²) in [6.07, 6.45) is 4.13. The van der Waals surface area contributed by atoms with Crippen molar-refractivity contribution in [3.8, 4) is 0 Å². The summed E-state index contributed by atoms with van der Waals surface area (Å²) in [7, 11) is 0. The highest BCUT2D eigenvalue weighted by atomic mass is 16.1. The lowest BCUT2D eigenvalue weighted by molar-refractivity contribution is -0.120. The van der Waals surface area contributed by atoms with Crippen LogP contribution in [0.3, 0.4) is 0 Å². The SMILES string of the molecule is [CH2]CCC(N)C(=O)CCCC. The topological polar surface area (TPSA) is 43.1 Å². The van der Waals surface area contributed by atoms with Crippen LogP contribution in [-0.2, 0) is 4.79 Å². The average Bonchev–Trinajstić information content (AvgIpc) is 2.00. The smallest absolute Gasteiger partial charge is 0.149 e. The van der Waals surface area contributed by atoms with E-state index in [9.17, 15) is 4.79 Å². The van der Waals surface area contributed by atoms with Crippen LogP contribution in [0.2, 0.25) is 0 Å². The third kappa shape index (κ3) is 4.96. The first-order valence-corrected chi connectivity index (χ1v) is 4.30. The van der Waals surface area contributed by atoms with E-state index < -0.39 is 0 Å². The standard InChI is InChI=1S/C9H18NO/c1-3-5-7-9(11)8(10)6-4-2/h8H,2-7,10H2,1H3. The maximum absolute atomic E-state index is 11.1. The molecule has 2 heteroatoms. The van der Waals surface area contributed by atoms with Gasteiger partial charge in [0.1, 0.15) is 5.78 Å². The third-order valence-electron chi connectivity index (χ3n) is 1.71. The quantitative estimate of drug-likeness (QED) is 0.636. The van der Waals surface area contributed by atoms with Crippen molar-refractivity contribution < 1.29 is 4.79 Å². The number of carbonyl (C=O) groups excluding carboxylic acids is 1. The molecule has 0 spiro atoms. The van der Waals surface area contributed by atoms with E-state index in [4.69, 9.17) is 5.73 Å². The first-order chi connectivity index (χ1) is 5.22. The van der Waals surface area contributed by atoms with Gasteiger partial charge in [0.15, 0.2) is 0 Å². The van der Waals surface area contributed by atoms with Crippen LogP contribution in [0.25, 0.3) is 0 Å². The van der Waals surface area contributed by atoms with Gasteiger partial charge in [-0.15, -0.1) is 0 Å². The molecule has 0 saturated heterocycles. The molecule has 65 valence electrons. The summed E-state index contributed by atoms with van der Waals surface area (Å²) in [5, 5.41) is 0. The van der Waals surface area contributed by atoms with E-state index in [-0.39, 0.29) is 11.8 Å². The minimum atomic E-state index is -0.265. The van der Waals surface area contributed by atoms with E-state index in [1.807, 2.05) is 0 Å². The van der Waals surface area contributed by atoms with E-state index in [1.54, 1.807) is 0 Å². The zero-order chi connectivity index (χ0) is 8.69. The van der Waals surface area contributed by atoms with Crippen molar-refractivity contribution in [1.29, 1.82) is 0 Å². The van der Waals surface area contributed by atoms with E-state index in [2.05, 4.69) is 13.8 Å². The molecular formula is C9H18NO. The molecule has 0 bridgehead atoms. The molecule has 0 fully saturated rings. The van der Waals surface area contributed by atoms with Crippen LogP contribution in [0.1, 0.15) is 39.0 Å². The van der Waals surface area contributed by atoms with Crippen LogP contribution < -0.4 is 5.73 Å². The summed E-state index contributed by atoms with van der Waals surface area (Å²) in [5.41, 5.74) is 5.58. The molecule has 0 aromatic rings. The van der Waals surface area contributed by atoms with Crippen molar-refractivity contribution in [1.82, 2.24) is 0 Å². The molecule has 1 unspecified atom stereocenters. The van der Waals surface area contributed by atoms with Crippen LogP contribution in [-0.4, -0.2) is 11.8 Å². The van der Waals surface area contributed by atoms with Gasteiger partial charge in [-0.3, -0.25) is 4.79 Å². The van der Waals surface area contributed by atoms with Crippen LogP contribution in [0.15, 0.2) is 0 Å². The molecule has 0 rings (SSSR count). The fraction of sp³-hybridized carbons (Fsp3) is 0.778. The Balaban J connectivity index is 3.47. The highest BCUT2D eigenvalue weighted by Gasteiger charge is 2.10. The van der Waals surface area contributed by atoms with Crippen LogP contribution in [0.4, 0.5) is 0 Å². The van der Waals surface area contributed by atoms with Crippen molar-refractivity contribution in [2.75, 3.05) is 0 Å². The molecule has 0 saturated carbocycles. The number of nitrogens with two attached hydrogens (primary N) is 1. The molecule has 2 nitrogen and oxygen atoms in total. The van der Waals surface area contributed by atoms with E-state index in [0.717, 1.165) is 25.7 Å². The monoisotopic (exact) mass is 156 g/mol. The minimum absolute atomic E-state index is 0.190. The van der Waals surface area contributed by atoms with Crippen molar-refractivity contribution >= 4 is 5.78 Å². The fourth-order valence-corrected chi connectivity index (χ4v) is 0.917. The molecule has 0 aromatic heterocycles. The zero-order valence-electron chi connectivity index (χ0n) is 7.31. The Labute approximate surface area is 69.2 Å². The van der Waals surface area contributed by atoms with Gasteiger partial charge in [-0.25, -0.2) is 0 Å². The highest BCUT2D eigenvalue weighted by Crippen LogP contribution is 2.01. The lowest BCUT2D eigenvalue weighted by Crippen LogP contribution is -2.29. The van der Waals surface area contributed by atoms with Crippen LogP contribution >= 0.6 is 0 Å². The molecule has 11 heavy (non-hydrogen) atoms. The molecular weight excluding hydrogens is 138 g/mol. The van der Waals surface area contributed by atoms with E-state index in [0.29, 0.717) is 6.42 Å². The predicted molar refractivity (Wildman–Crippen MR) is 47.1 cm³/mol. The van der Waals surface area contributed by atoms with Crippen molar-refractivity contribution in [3.05, 3.63) is 6.92 Å². The summed E-state index contributed by atoms with van der Waals surface area (Å²) in [5.74, 6) is 0.190. The Morgan fingerprint density at radius 1 is 1.64 bits per heavy atom. The van der Waals surface area contributed by atoms with Gasteiger partial charge >= 0.3 is 0 Å². The highest BCUT2D eigenvalue weighted by molar-refractivity contribution is 5.83. The van der Waals surface area contributed by atoms with E-state index >= 15 is 0 Å². The molecule has 2 N–H and O–H groups in total. The number of rotatable bonds is 6. The summed E-state index contributed by atoms with van der Waals surface area (Å²) >= 11 is 0. The summed E-state index contributed by atoms with van der Waals surface area (Å²) < 4.78 is 0. The normalized spacial score (nSPS) is 13.0. The zero-order valence-corrected chi connectivity index (χ0v) is 7.31. The summed E-state index contributed by atoms with van der Waals surface area (Å²) in [6, 6.07) is -0.265. The molecule has 0 aromatic carbocycles. The molecule has 1 atom stereocenters. The molecule has 0 aliphatic heterocycles. The molecule has 0 aliphatic carbocycles. The number of ketones is 1. The average molecular weight is 156 g/mol. The van der Waals surface area contributed by atoms with Gasteiger partial charge in [0.2, 0.25) is 0 Å². The van der Waals surface area contributed by atoms with Crippen molar-refractivity contribution in [2.24, 2.45) is 5.73 Å². The Bertz CT molecular complexity index is 112. The Hall–Kier alpha value is -0.370. The predicted octanol–water partition coefficient (Wildman–Crippen LogP) is 1.69. The van der Waals surface area contributed by atoms with E-state index in [1.165, 1.54) is 0 Å². The van der Waals surface area contributed by atoms with Crippen LogP contribution in [0.5, 0.6) is 0 Å². The van der Waals surface area contributed by atoms with Gasteiger partial charge < -0.3 is 5.73 Å². The number of Topliss-reactive ketones (excluding diaryl/α,β-unsaturated/α-hetero) is 1. The van der Waals surface area contributed by atoms with Gasteiger partial charge in [-0.1, -0.05) is 26.7 Å². The first-order valence-electron chi connectivity index (χ1n) is 4.30. The number of hydrogen-bond donors (Lipinski definition) is 1. The summed E-state index contributed by atoms with van der Waals surface area (Å²) in [6.45, 7) is 5.73. The minimum Gasteiger partial charge on any atom is -0.322 e. The van der Waals surface area contributed by atoms with Gasteiger partial charge in [0.05, 0.1) is 6.04 Å². The van der Waals surface area contributed by atoms with Crippen LogP contribution in [0, 0.1) is 6.92 Å². The number of hydrogen-bond acceptors (Lipinski definition) is 2. The molecule has 0 aliphatic rings. The van der Waals surface area contributed by atoms with Crippen molar-refractivity contribution in [3.63, 3.8) is 0 Å². The molecule has 0 amide bonds. The second-order valence-electron chi connectivity index (χ2n) is 2.82. The maximum Gasteiger partial charge on any atom is 0.149 e. The van der Waals surface area contributed by atoms with Gasteiger partial charge in [0.25, 0.3) is 0 Å². The van der Waals surface area contributed by atoms with Gasteiger partial charge in [0, 0.05) is 6.42 Å². The summed E-state index contributed by atoms with van der Waals surface area (Å²) in [4.78, 5) is 11.1. The number of unbranched alkanes of at least 4 members (excludes halogenated alkanes) is 1. The first kappa shape index (κ1) is 10.6. The molecule has 1 radical (unpaired) electrons. The Morgan fingerprint density at radius 2 is 2.27 bits per heavy atom. The second-order valence-corrected chi connectivity index (χ2v) is 2.82. The largest absolute Gasteiger partial charge is 0.322 e. The number of carbonyl (C=O) groups is 1. The van der Waals surface area contributed by atoms with Crippen molar-refractivity contribution in [2.45, 2.75) is 45.1 Å².